The Labute approximate surface area is 191 Å². The summed E-state index contributed by atoms with van der Waals surface area (Å²) in [4.78, 5) is 17.1. The molecule has 174 valence electrons. The Hall–Kier alpha value is -2.57. The van der Waals surface area contributed by atoms with E-state index in [9.17, 15) is 9.90 Å². The molecule has 0 saturated carbocycles. The first-order valence-corrected chi connectivity index (χ1v) is 11.3. The molecule has 3 rings (SSSR count). The van der Waals surface area contributed by atoms with Crippen molar-refractivity contribution in [2.45, 2.75) is 26.3 Å². The minimum absolute atomic E-state index is 0.0322. The second kappa shape index (κ2) is 11.3. The normalized spacial score (nSPS) is 18.8. The third kappa shape index (κ3) is 6.24. The molecule has 1 N–H and O–H groups in total. The summed E-state index contributed by atoms with van der Waals surface area (Å²) in [6.45, 7) is 8.15. The first kappa shape index (κ1) is 24.1. The van der Waals surface area contributed by atoms with Crippen LogP contribution in [0.3, 0.4) is 0 Å². The number of aromatic hydroxyl groups is 1. The summed E-state index contributed by atoms with van der Waals surface area (Å²) in [5.74, 6) is 2.11. The van der Waals surface area contributed by atoms with Crippen LogP contribution in [0.2, 0.25) is 0 Å². The van der Waals surface area contributed by atoms with E-state index < -0.39 is 0 Å². The molecule has 0 bridgehead atoms. The maximum atomic E-state index is 12.8. The Morgan fingerprint density at radius 2 is 1.94 bits per heavy atom. The molecular weight excluding hydrogens is 404 g/mol. The van der Waals surface area contributed by atoms with E-state index in [4.69, 9.17) is 9.47 Å². The number of phenolic OH excluding ortho intramolecular Hbond substituents is 1. The summed E-state index contributed by atoms with van der Waals surface area (Å²) in [5.41, 5.74) is 2.14. The Kier molecular flexibility index (Phi) is 8.53. The van der Waals surface area contributed by atoms with Crippen LogP contribution in [0, 0.1) is 11.8 Å². The van der Waals surface area contributed by atoms with E-state index in [0.29, 0.717) is 31.3 Å². The number of ether oxygens (including phenoxy) is 2. The van der Waals surface area contributed by atoms with Crippen molar-refractivity contribution in [3.05, 3.63) is 59.7 Å². The summed E-state index contributed by atoms with van der Waals surface area (Å²) in [7, 11) is 3.25. The number of rotatable bonds is 10. The van der Waals surface area contributed by atoms with Crippen LogP contribution in [0.15, 0.2) is 48.5 Å². The predicted octanol–water partition coefficient (Wildman–Crippen LogP) is 3.75. The summed E-state index contributed by atoms with van der Waals surface area (Å²) >= 11 is 0. The molecular formula is C26H36N2O4. The van der Waals surface area contributed by atoms with Crippen molar-refractivity contribution in [3.63, 3.8) is 0 Å². The van der Waals surface area contributed by atoms with Gasteiger partial charge in [-0.05, 0) is 35.6 Å². The molecule has 0 spiro atoms. The van der Waals surface area contributed by atoms with E-state index >= 15 is 0 Å². The van der Waals surface area contributed by atoms with Gasteiger partial charge in [0.15, 0.2) is 0 Å². The third-order valence-corrected chi connectivity index (χ3v) is 6.09. The van der Waals surface area contributed by atoms with Gasteiger partial charge >= 0.3 is 0 Å². The first-order chi connectivity index (χ1) is 15.4. The number of nitrogens with zero attached hydrogens (tertiary/aromatic N) is 2. The van der Waals surface area contributed by atoms with Crippen LogP contribution in [-0.4, -0.2) is 67.8 Å². The van der Waals surface area contributed by atoms with Gasteiger partial charge in [-0.3, -0.25) is 9.69 Å². The predicted molar refractivity (Wildman–Crippen MR) is 126 cm³/mol. The molecule has 2 aromatic rings. The number of carbonyl (C=O) groups excluding carboxylic acids is 1. The average molecular weight is 441 g/mol. The molecule has 6 nitrogen and oxygen atoms in total. The maximum absolute atomic E-state index is 12.8. The highest BCUT2D eigenvalue weighted by molar-refractivity contribution is 5.77. The van der Waals surface area contributed by atoms with Gasteiger partial charge in [0.25, 0.3) is 0 Å². The third-order valence-electron chi connectivity index (χ3n) is 6.09. The number of hydrogen-bond donors (Lipinski definition) is 1. The first-order valence-electron chi connectivity index (χ1n) is 11.3. The Bertz CT molecular complexity index is 886. The van der Waals surface area contributed by atoms with Crippen LogP contribution in [0.5, 0.6) is 11.5 Å². The van der Waals surface area contributed by atoms with E-state index in [-0.39, 0.29) is 24.3 Å². The van der Waals surface area contributed by atoms with Gasteiger partial charge in [-0.25, -0.2) is 0 Å². The van der Waals surface area contributed by atoms with Gasteiger partial charge in [0.05, 0.1) is 7.11 Å². The van der Waals surface area contributed by atoms with Crippen LogP contribution in [0.25, 0.3) is 0 Å². The number of benzene rings is 2. The van der Waals surface area contributed by atoms with Crippen LogP contribution in [0.4, 0.5) is 0 Å². The fraction of sp³-hybridized carbons (Fsp3) is 0.500. The van der Waals surface area contributed by atoms with Crippen molar-refractivity contribution in [1.82, 2.24) is 9.80 Å². The van der Waals surface area contributed by atoms with Crippen LogP contribution in [0.1, 0.15) is 30.9 Å². The lowest BCUT2D eigenvalue weighted by molar-refractivity contribution is -0.136. The van der Waals surface area contributed by atoms with E-state index in [1.165, 1.54) is 5.56 Å². The molecule has 1 aliphatic rings. The fourth-order valence-corrected chi connectivity index (χ4v) is 4.63. The van der Waals surface area contributed by atoms with Crippen molar-refractivity contribution in [2.24, 2.45) is 11.8 Å². The van der Waals surface area contributed by atoms with Crippen molar-refractivity contribution < 1.29 is 19.4 Å². The zero-order valence-corrected chi connectivity index (χ0v) is 19.7. The molecule has 1 fully saturated rings. The second-order valence-corrected chi connectivity index (χ2v) is 9.09. The molecule has 2 aromatic carbocycles. The number of methoxy groups -OCH3 is 2. The molecule has 0 radical (unpaired) electrons. The smallest absolute Gasteiger partial charge is 0.248 e. The minimum Gasteiger partial charge on any atom is -0.508 e. The quantitative estimate of drug-likeness (QED) is 0.610. The number of para-hydroxylation sites is 1. The van der Waals surface area contributed by atoms with Gasteiger partial charge < -0.3 is 19.5 Å². The second-order valence-electron chi connectivity index (χ2n) is 9.09. The molecule has 6 heteroatoms. The number of amides is 1. The van der Waals surface area contributed by atoms with E-state index in [1.54, 1.807) is 20.3 Å². The summed E-state index contributed by atoms with van der Waals surface area (Å²) in [6, 6.07) is 15.7. The summed E-state index contributed by atoms with van der Waals surface area (Å²) < 4.78 is 10.6. The molecule has 1 aliphatic heterocycles. The van der Waals surface area contributed by atoms with Crippen LogP contribution in [-0.2, 0) is 16.1 Å². The molecule has 0 aromatic heterocycles. The number of phenols is 1. The zero-order valence-electron chi connectivity index (χ0n) is 19.7. The van der Waals surface area contributed by atoms with Crippen molar-refractivity contribution in [2.75, 3.05) is 47.0 Å². The topological polar surface area (TPSA) is 62.2 Å². The number of likely N-dealkylation sites (tertiary alicyclic amines) is 1. The number of hydrogen-bond acceptors (Lipinski definition) is 5. The molecule has 0 unspecified atom stereocenters. The van der Waals surface area contributed by atoms with E-state index in [1.807, 2.05) is 35.2 Å². The van der Waals surface area contributed by atoms with E-state index in [2.05, 4.69) is 30.9 Å². The molecule has 1 heterocycles. The highest BCUT2D eigenvalue weighted by Crippen LogP contribution is 2.36. The van der Waals surface area contributed by atoms with Gasteiger partial charge in [0.2, 0.25) is 5.91 Å². The van der Waals surface area contributed by atoms with Crippen molar-refractivity contribution >= 4 is 5.91 Å². The summed E-state index contributed by atoms with van der Waals surface area (Å²) in [5, 5.41) is 10.3. The molecule has 1 saturated heterocycles. The minimum atomic E-state index is 0.0322. The lowest BCUT2D eigenvalue weighted by Gasteiger charge is -2.30. The molecule has 1 amide bonds. The fourth-order valence-electron chi connectivity index (χ4n) is 4.63. The van der Waals surface area contributed by atoms with Gasteiger partial charge in [0, 0.05) is 51.3 Å². The highest BCUT2D eigenvalue weighted by atomic mass is 16.5. The average Bonchev–Trinajstić information content (AvgIpc) is 3.17. The Balaban J connectivity index is 1.84. The molecule has 0 aliphatic carbocycles. The van der Waals surface area contributed by atoms with Gasteiger partial charge in [-0.1, -0.05) is 44.2 Å². The molecule has 32 heavy (non-hydrogen) atoms. The van der Waals surface area contributed by atoms with Crippen LogP contribution < -0.4 is 4.74 Å². The lowest BCUT2D eigenvalue weighted by atomic mass is 9.88. The van der Waals surface area contributed by atoms with E-state index in [0.717, 1.165) is 24.4 Å². The Morgan fingerprint density at radius 1 is 1.16 bits per heavy atom. The van der Waals surface area contributed by atoms with Crippen LogP contribution >= 0.6 is 0 Å². The SMILES string of the molecule is COCC(=O)N(CC(C)C)C[C@@H]1CN(Cc2ccccc2O)C[C@@H]1c1cccc(OC)c1. The highest BCUT2D eigenvalue weighted by Gasteiger charge is 2.36. The largest absolute Gasteiger partial charge is 0.508 e. The number of carbonyl (C=O) groups is 1. The lowest BCUT2D eigenvalue weighted by Crippen LogP contribution is -2.41. The monoisotopic (exact) mass is 440 g/mol. The van der Waals surface area contributed by atoms with Gasteiger partial charge in [0.1, 0.15) is 18.1 Å². The zero-order chi connectivity index (χ0) is 23.1. The van der Waals surface area contributed by atoms with Gasteiger partial charge in [-0.15, -0.1) is 0 Å². The van der Waals surface area contributed by atoms with Crippen molar-refractivity contribution in [3.8, 4) is 11.5 Å². The van der Waals surface area contributed by atoms with Crippen molar-refractivity contribution in [1.29, 1.82) is 0 Å². The van der Waals surface area contributed by atoms with Gasteiger partial charge in [-0.2, -0.15) is 0 Å². The molecule has 2 atom stereocenters. The Morgan fingerprint density at radius 3 is 2.62 bits per heavy atom. The standard InChI is InChI=1S/C26H36N2O4/c1-19(2)13-28(26(30)18-31-3)16-22-15-27(14-21-8-5-6-11-25(21)29)17-24(22)20-9-7-10-23(12-20)32-4/h5-12,19,22,24,29H,13-18H2,1-4H3/t22-,24+/m0/s1. The maximum Gasteiger partial charge on any atom is 0.248 e. The summed E-state index contributed by atoms with van der Waals surface area (Å²) in [6.07, 6.45) is 0.